The fraction of sp³-hybridized carbons (Fsp3) is 0.257. The van der Waals surface area contributed by atoms with Crippen LogP contribution in [0.3, 0.4) is 0 Å². The molecule has 0 spiro atoms. The van der Waals surface area contributed by atoms with Gasteiger partial charge >= 0.3 is 23.9 Å². The zero-order chi connectivity index (χ0) is 31.4. The lowest BCUT2D eigenvalue weighted by atomic mass is 9.98. The summed E-state index contributed by atoms with van der Waals surface area (Å²) in [5.74, 6) is -3.78. The van der Waals surface area contributed by atoms with E-state index in [4.69, 9.17) is 18.9 Å². The molecule has 44 heavy (non-hydrogen) atoms. The molecule has 5 rings (SSSR count). The van der Waals surface area contributed by atoms with E-state index < -0.39 is 29.7 Å². The van der Waals surface area contributed by atoms with Gasteiger partial charge in [0.25, 0.3) is 0 Å². The maximum Gasteiger partial charge on any atom is 0.343 e. The van der Waals surface area contributed by atoms with Gasteiger partial charge in [-0.3, -0.25) is 4.79 Å². The molecule has 0 saturated heterocycles. The second-order valence-corrected chi connectivity index (χ2v) is 10.8. The van der Waals surface area contributed by atoms with Gasteiger partial charge in [0.1, 0.15) is 17.6 Å². The Labute approximate surface area is 254 Å². The van der Waals surface area contributed by atoms with Gasteiger partial charge in [0.2, 0.25) is 0 Å². The Kier molecular flexibility index (Phi) is 9.04. The van der Waals surface area contributed by atoms with E-state index in [0.29, 0.717) is 5.75 Å². The smallest absolute Gasteiger partial charge is 0.343 e. The van der Waals surface area contributed by atoms with Crippen LogP contribution in [-0.2, 0) is 19.1 Å². The molecule has 1 atom stereocenters. The molecular weight excluding hydrogens is 567 g/mol. The maximum absolute atomic E-state index is 14.3. The Balaban J connectivity index is 1.22. The van der Waals surface area contributed by atoms with Gasteiger partial charge in [-0.2, -0.15) is 0 Å². The van der Waals surface area contributed by atoms with Crippen molar-refractivity contribution in [2.24, 2.45) is 0 Å². The average molecular weight is 599 g/mol. The van der Waals surface area contributed by atoms with Crippen molar-refractivity contribution in [3.05, 3.63) is 102 Å². The fourth-order valence-electron chi connectivity index (χ4n) is 5.45. The average Bonchev–Trinajstić information content (AvgIpc) is 3.29. The molecule has 0 amide bonds. The standard InChI is InChI=1S/C35H31FO8/c1-4-32(37)44-31-15-12-25(19-30(31)36)43-35(40)22-10-13-26-27-14-11-24(18-29(27)21(3)28(26)17-22)42-34(39)20(2)16-33(38)41-23-8-6-5-7-9-23/h4,10-15,17-19,21,23H,1-2,5-9,16H2,3H3. The molecule has 0 radical (unpaired) electrons. The van der Waals surface area contributed by atoms with Crippen LogP contribution < -0.4 is 14.2 Å². The molecule has 0 bridgehead atoms. The van der Waals surface area contributed by atoms with Crippen molar-refractivity contribution in [2.75, 3.05) is 0 Å². The summed E-state index contributed by atoms with van der Waals surface area (Å²) in [4.78, 5) is 49.2. The van der Waals surface area contributed by atoms with Crippen LogP contribution in [0.2, 0.25) is 0 Å². The summed E-state index contributed by atoms with van der Waals surface area (Å²) in [7, 11) is 0. The van der Waals surface area contributed by atoms with Gasteiger partial charge in [-0.15, -0.1) is 0 Å². The first-order valence-corrected chi connectivity index (χ1v) is 14.4. The summed E-state index contributed by atoms with van der Waals surface area (Å²) in [6.07, 6.45) is 5.44. The first-order chi connectivity index (χ1) is 21.1. The van der Waals surface area contributed by atoms with Gasteiger partial charge in [0.15, 0.2) is 11.6 Å². The first kappa shape index (κ1) is 30.4. The molecule has 2 aliphatic rings. The summed E-state index contributed by atoms with van der Waals surface area (Å²) >= 11 is 0. The molecule has 3 aromatic rings. The van der Waals surface area contributed by atoms with Crippen LogP contribution in [0.25, 0.3) is 11.1 Å². The third kappa shape index (κ3) is 6.78. The predicted molar refractivity (Wildman–Crippen MR) is 159 cm³/mol. The van der Waals surface area contributed by atoms with Crippen LogP contribution in [0, 0.1) is 5.82 Å². The summed E-state index contributed by atoms with van der Waals surface area (Å²) in [5.41, 5.74) is 3.87. The zero-order valence-electron chi connectivity index (χ0n) is 24.2. The van der Waals surface area contributed by atoms with Crippen molar-refractivity contribution in [1.29, 1.82) is 0 Å². The molecular formula is C35H31FO8. The summed E-state index contributed by atoms with van der Waals surface area (Å²) in [5, 5.41) is 0. The number of hydrogen-bond acceptors (Lipinski definition) is 8. The van der Waals surface area contributed by atoms with Gasteiger partial charge in [-0.25, -0.2) is 18.8 Å². The summed E-state index contributed by atoms with van der Waals surface area (Å²) in [6.45, 7) is 8.95. The Morgan fingerprint density at radius 2 is 1.52 bits per heavy atom. The van der Waals surface area contributed by atoms with Crippen molar-refractivity contribution in [1.82, 2.24) is 0 Å². The SMILES string of the molecule is C=CC(=O)Oc1ccc(OC(=O)c2ccc3c(c2)C(C)c2cc(OC(=O)C(=C)CC(=O)OC4CCCCC4)ccc2-3)cc1F. The third-order valence-corrected chi connectivity index (χ3v) is 7.73. The number of carbonyl (C=O) groups is 4. The number of fused-ring (bicyclic) bond motifs is 3. The molecule has 0 N–H and O–H groups in total. The molecule has 1 fully saturated rings. The molecule has 3 aromatic carbocycles. The largest absolute Gasteiger partial charge is 0.462 e. The van der Waals surface area contributed by atoms with E-state index in [2.05, 4.69) is 13.2 Å². The van der Waals surface area contributed by atoms with E-state index in [1.54, 1.807) is 30.3 Å². The molecule has 8 nitrogen and oxygen atoms in total. The van der Waals surface area contributed by atoms with Gasteiger partial charge in [-0.1, -0.05) is 38.6 Å². The molecule has 2 aliphatic carbocycles. The first-order valence-electron chi connectivity index (χ1n) is 14.4. The Hall–Kier alpha value is -5.05. The van der Waals surface area contributed by atoms with E-state index in [1.807, 2.05) is 13.0 Å². The number of halogens is 1. The van der Waals surface area contributed by atoms with Crippen molar-refractivity contribution >= 4 is 23.9 Å². The van der Waals surface area contributed by atoms with Gasteiger partial charge in [-0.05, 0) is 84.3 Å². The van der Waals surface area contributed by atoms with Gasteiger partial charge in [0.05, 0.1) is 12.0 Å². The zero-order valence-corrected chi connectivity index (χ0v) is 24.2. The van der Waals surface area contributed by atoms with E-state index >= 15 is 0 Å². The molecule has 0 aromatic heterocycles. The summed E-state index contributed by atoms with van der Waals surface area (Å²) in [6, 6.07) is 13.8. The number of ether oxygens (including phenoxy) is 4. The number of esters is 4. The topological polar surface area (TPSA) is 105 Å². The minimum absolute atomic E-state index is 0.0121. The van der Waals surface area contributed by atoms with Gasteiger partial charge in [0, 0.05) is 23.6 Å². The highest BCUT2D eigenvalue weighted by Crippen LogP contribution is 2.46. The summed E-state index contributed by atoms with van der Waals surface area (Å²) < 4.78 is 35.5. The molecule has 1 saturated carbocycles. The second-order valence-electron chi connectivity index (χ2n) is 10.8. The van der Waals surface area contributed by atoms with E-state index in [9.17, 15) is 23.6 Å². The Morgan fingerprint density at radius 3 is 2.23 bits per heavy atom. The van der Waals surface area contributed by atoms with Crippen LogP contribution >= 0.6 is 0 Å². The fourth-order valence-corrected chi connectivity index (χ4v) is 5.45. The van der Waals surface area contributed by atoms with Crippen molar-refractivity contribution < 1.29 is 42.5 Å². The Morgan fingerprint density at radius 1 is 0.864 bits per heavy atom. The number of rotatable bonds is 9. The highest BCUT2D eigenvalue weighted by Gasteiger charge is 2.28. The van der Waals surface area contributed by atoms with E-state index in [-0.39, 0.29) is 41.1 Å². The lowest BCUT2D eigenvalue weighted by molar-refractivity contribution is -0.150. The highest BCUT2D eigenvalue weighted by atomic mass is 19.1. The molecule has 0 heterocycles. The van der Waals surface area contributed by atoms with E-state index in [1.165, 1.54) is 12.1 Å². The van der Waals surface area contributed by atoms with Crippen LogP contribution in [0.5, 0.6) is 17.2 Å². The third-order valence-electron chi connectivity index (χ3n) is 7.73. The maximum atomic E-state index is 14.3. The lowest BCUT2D eigenvalue weighted by Crippen LogP contribution is -2.22. The molecule has 1 unspecified atom stereocenters. The minimum atomic E-state index is -0.872. The van der Waals surface area contributed by atoms with Crippen molar-refractivity contribution in [3.63, 3.8) is 0 Å². The van der Waals surface area contributed by atoms with Crippen molar-refractivity contribution in [2.45, 2.75) is 57.5 Å². The van der Waals surface area contributed by atoms with Crippen molar-refractivity contribution in [3.8, 4) is 28.4 Å². The number of carbonyl (C=O) groups excluding carboxylic acids is 4. The second kappa shape index (κ2) is 13.1. The molecule has 9 heteroatoms. The highest BCUT2D eigenvalue weighted by molar-refractivity contribution is 5.95. The monoisotopic (exact) mass is 598 g/mol. The quantitative estimate of drug-likeness (QED) is 0.147. The van der Waals surface area contributed by atoms with Crippen LogP contribution in [0.4, 0.5) is 4.39 Å². The van der Waals surface area contributed by atoms with Crippen LogP contribution in [-0.4, -0.2) is 30.0 Å². The van der Waals surface area contributed by atoms with E-state index in [0.717, 1.165) is 66.5 Å². The number of benzene rings is 3. The predicted octanol–water partition coefficient (Wildman–Crippen LogP) is 7.00. The van der Waals surface area contributed by atoms with Crippen LogP contribution in [0.1, 0.15) is 72.9 Å². The lowest BCUT2D eigenvalue weighted by Gasteiger charge is -2.21. The van der Waals surface area contributed by atoms with Crippen LogP contribution in [0.15, 0.2) is 79.4 Å². The van der Waals surface area contributed by atoms with Gasteiger partial charge < -0.3 is 18.9 Å². The normalized spacial score (nSPS) is 15.4. The minimum Gasteiger partial charge on any atom is -0.462 e. The molecule has 0 aliphatic heterocycles. The Bertz CT molecular complexity index is 1670. The molecule has 226 valence electrons. The number of hydrogen-bond donors (Lipinski definition) is 0.